The lowest BCUT2D eigenvalue weighted by atomic mass is 10.3. The van der Waals surface area contributed by atoms with Crippen LogP contribution in [-0.4, -0.2) is 15.5 Å². The normalized spacial score (nSPS) is 11.0. The van der Waals surface area contributed by atoms with Crippen LogP contribution in [0.1, 0.15) is 11.5 Å². The molecule has 0 radical (unpaired) electrons. The number of rotatable bonds is 5. The van der Waals surface area contributed by atoms with Gasteiger partial charge in [0, 0.05) is 5.69 Å². The molecule has 104 valence electrons. The molecule has 2 N–H and O–H groups in total. The highest BCUT2D eigenvalue weighted by Gasteiger charge is 2.10. The average molecular weight is 291 g/mol. The number of anilines is 1. The molecule has 20 heavy (non-hydrogen) atoms. The summed E-state index contributed by atoms with van der Waals surface area (Å²) in [7, 11) is -2.05. The third kappa shape index (κ3) is 3.17. The molecular weight excluding hydrogens is 278 g/mol. The zero-order valence-corrected chi connectivity index (χ0v) is 11.6. The Morgan fingerprint density at radius 1 is 1.20 bits per heavy atom. The number of benzene rings is 1. The van der Waals surface area contributed by atoms with Gasteiger partial charge in [-0.15, -0.1) is 0 Å². The zero-order chi connectivity index (χ0) is 14.6. The van der Waals surface area contributed by atoms with E-state index in [1.807, 2.05) is 6.07 Å². The van der Waals surface area contributed by atoms with E-state index in [1.54, 1.807) is 24.3 Å². The largest absolute Gasteiger partial charge is 0.449 e. The van der Waals surface area contributed by atoms with Gasteiger partial charge in [-0.1, -0.05) is 0 Å². The van der Waals surface area contributed by atoms with Crippen molar-refractivity contribution in [1.29, 1.82) is 5.26 Å². The maximum Gasteiger partial charge on any atom is 0.240 e. The first-order chi connectivity index (χ1) is 9.55. The Morgan fingerprint density at radius 2 is 1.90 bits per heavy atom. The first-order valence-corrected chi connectivity index (χ1v) is 7.30. The van der Waals surface area contributed by atoms with E-state index in [4.69, 9.17) is 9.68 Å². The summed E-state index contributed by atoms with van der Waals surface area (Å²) in [4.78, 5) is 0.204. The third-order valence-electron chi connectivity index (χ3n) is 2.67. The fourth-order valence-corrected chi connectivity index (χ4v) is 2.32. The minimum atomic E-state index is -3.41. The van der Waals surface area contributed by atoms with Crippen LogP contribution in [0.15, 0.2) is 45.7 Å². The lowest BCUT2D eigenvalue weighted by Gasteiger charge is -2.06. The zero-order valence-electron chi connectivity index (χ0n) is 10.8. The Kier molecular flexibility index (Phi) is 4.08. The number of nitrogens with zero attached hydrogens (tertiary/aromatic N) is 1. The monoisotopic (exact) mass is 291 g/mol. The van der Waals surface area contributed by atoms with Crippen molar-refractivity contribution in [2.24, 2.45) is 0 Å². The molecule has 1 aromatic carbocycles. The summed E-state index contributed by atoms with van der Waals surface area (Å²) in [6, 6.07) is 11.6. The van der Waals surface area contributed by atoms with Crippen molar-refractivity contribution in [3.05, 3.63) is 47.9 Å². The molecule has 0 unspecified atom stereocenters. The molecule has 0 spiro atoms. The minimum Gasteiger partial charge on any atom is -0.449 e. The lowest BCUT2D eigenvalue weighted by molar-refractivity contribution is 0.506. The van der Waals surface area contributed by atoms with Gasteiger partial charge in [-0.2, -0.15) is 5.26 Å². The molecule has 2 rings (SSSR count). The number of sulfonamides is 1. The Morgan fingerprint density at radius 3 is 2.45 bits per heavy atom. The molecule has 0 aliphatic rings. The second-order valence-corrected chi connectivity index (χ2v) is 5.85. The number of hydrogen-bond acceptors (Lipinski definition) is 5. The van der Waals surface area contributed by atoms with E-state index in [9.17, 15) is 8.42 Å². The highest BCUT2D eigenvalue weighted by Crippen LogP contribution is 2.15. The first kappa shape index (κ1) is 14.1. The summed E-state index contributed by atoms with van der Waals surface area (Å²) in [6.45, 7) is 0.416. The molecule has 0 bridgehead atoms. The Labute approximate surface area is 117 Å². The van der Waals surface area contributed by atoms with Crippen LogP contribution in [0.25, 0.3) is 0 Å². The van der Waals surface area contributed by atoms with Gasteiger partial charge in [0.05, 0.1) is 11.4 Å². The second kappa shape index (κ2) is 5.77. The molecule has 2 aromatic rings. The fourth-order valence-electron chi connectivity index (χ4n) is 1.59. The van der Waals surface area contributed by atoms with Crippen LogP contribution in [0.2, 0.25) is 0 Å². The first-order valence-electron chi connectivity index (χ1n) is 5.81. The summed E-state index contributed by atoms with van der Waals surface area (Å²) in [6.07, 6.45) is 0. The highest BCUT2D eigenvalue weighted by molar-refractivity contribution is 7.89. The summed E-state index contributed by atoms with van der Waals surface area (Å²) < 4.78 is 30.6. The topological polar surface area (TPSA) is 95.1 Å². The van der Waals surface area contributed by atoms with Gasteiger partial charge in [-0.05, 0) is 43.4 Å². The molecule has 0 amide bonds. The predicted octanol–water partition coefficient (Wildman–Crippen LogP) is 1.67. The lowest BCUT2D eigenvalue weighted by Crippen LogP contribution is -2.18. The van der Waals surface area contributed by atoms with Crippen molar-refractivity contribution in [3.63, 3.8) is 0 Å². The van der Waals surface area contributed by atoms with Crippen LogP contribution >= 0.6 is 0 Å². The molecule has 1 heterocycles. The van der Waals surface area contributed by atoms with Gasteiger partial charge >= 0.3 is 0 Å². The van der Waals surface area contributed by atoms with E-state index >= 15 is 0 Å². The summed E-state index contributed by atoms with van der Waals surface area (Å²) in [5.74, 6) is 0.894. The van der Waals surface area contributed by atoms with Gasteiger partial charge in [-0.3, -0.25) is 0 Å². The van der Waals surface area contributed by atoms with Crippen LogP contribution in [0.3, 0.4) is 0 Å². The van der Waals surface area contributed by atoms with Gasteiger partial charge in [0.1, 0.15) is 11.8 Å². The van der Waals surface area contributed by atoms with Gasteiger partial charge < -0.3 is 9.73 Å². The summed E-state index contributed by atoms with van der Waals surface area (Å²) in [5, 5.41) is 11.7. The maximum atomic E-state index is 11.6. The fraction of sp³-hybridized carbons (Fsp3) is 0.154. The number of nitrogens with one attached hydrogen (secondary N) is 2. The van der Waals surface area contributed by atoms with E-state index in [0.29, 0.717) is 12.3 Å². The maximum absolute atomic E-state index is 11.6. The van der Waals surface area contributed by atoms with E-state index in [2.05, 4.69) is 10.0 Å². The summed E-state index contributed by atoms with van der Waals surface area (Å²) in [5.41, 5.74) is 0.759. The average Bonchev–Trinajstić information content (AvgIpc) is 2.93. The van der Waals surface area contributed by atoms with Gasteiger partial charge in [0.2, 0.25) is 15.8 Å². The Hall–Kier alpha value is -2.30. The number of hydrogen-bond donors (Lipinski definition) is 2. The standard InChI is InChI=1S/C13H13N3O3S/c1-15-20(17,18)13-6-2-10(3-7-13)16-9-12-5-4-11(8-14)19-12/h2-7,15-16H,9H2,1H3. The molecule has 0 atom stereocenters. The quantitative estimate of drug-likeness (QED) is 0.873. The van der Waals surface area contributed by atoms with Crippen molar-refractivity contribution < 1.29 is 12.8 Å². The molecular formula is C13H13N3O3S. The van der Waals surface area contributed by atoms with Crippen LogP contribution in [0.4, 0.5) is 5.69 Å². The molecule has 0 saturated carbocycles. The van der Waals surface area contributed by atoms with Crippen LogP contribution < -0.4 is 10.0 Å². The molecule has 0 saturated heterocycles. The molecule has 7 heteroatoms. The smallest absolute Gasteiger partial charge is 0.240 e. The minimum absolute atomic E-state index is 0.204. The van der Waals surface area contributed by atoms with Crippen molar-refractivity contribution >= 4 is 15.7 Å². The highest BCUT2D eigenvalue weighted by atomic mass is 32.2. The van der Waals surface area contributed by atoms with Gasteiger partial charge in [0.25, 0.3) is 0 Å². The molecule has 0 fully saturated rings. The predicted molar refractivity (Wildman–Crippen MR) is 73.4 cm³/mol. The van der Waals surface area contributed by atoms with Crippen LogP contribution in [0.5, 0.6) is 0 Å². The SMILES string of the molecule is CNS(=O)(=O)c1ccc(NCc2ccc(C#N)o2)cc1. The van der Waals surface area contributed by atoms with Crippen molar-refractivity contribution in [2.45, 2.75) is 11.4 Å². The van der Waals surface area contributed by atoms with E-state index in [0.717, 1.165) is 5.69 Å². The van der Waals surface area contributed by atoms with E-state index < -0.39 is 10.0 Å². The number of nitriles is 1. The van der Waals surface area contributed by atoms with Crippen LogP contribution in [0, 0.1) is 11.3 Å². The third-order valence-corrected chi connectivity index (χ3v) is 4.10. The second-order valence-electron chi connectivity index (χ2n) is 3.96. The molecule has 0 aliphatic heterocycles. The van der Waals surface area contributed by atoms with Crippen molar-refractivity contribution in [2.75, 3.05) is 12.4 Å². The van der Waals surface area contributed by atoms with Crippen LogP contribution in [-0.2, 0) is 16.6 Å². The van der Waals surface area contributed by atoms with Crippen molar-refractivity contribution in [3.8, 4) is 6.07 Å². The van der Waals surface area contributed by atoms with Gasteiger partial charge in [-0.25, -0.2) is 13.1 Å². The summed E-state index contributed by atoms with van der Waals surface area (Å²) >= 11 is 0. The van der Waals surface area contributed by atoms with Crippen molar-refractivity contribution in [1.82, 2.24) is 4.72 Å². The van der Waals surface area contributed by atoms with Gasteiger partial charge in [0.15, 0.2) is 0 Å². The Balaban J connectivity index is 2.03. The molecule has 6 nitrogen and oxygen atoms in total. The Bertz CT molecular complexity index is 727. The van der Waals surface area contributed by atoms with E-state index in [1.165, 1.54) is 19.2 Å². The number of furan rings is 1. The van der Waals surface area contributed by atoms with E-state index in [-0.39, 0.29) is 10.7 Å². The molecule has 1 aromatic heterocycles. The molecule has 0 aliphatic carbocycles.